The number of piperazine rings is 1. The number of hydrogen-bond donors (Lipinski definition) is 1. The Hall–Kier alpha value is -4.04. The van der Waals surface area contributed by atoms with Gasteiger partial charge in [-0.1, -0.05) is 36.4 Å². The minimum absolute atomic E-state index is 0.0199. The predicted octanol–water partition coefficient (Wildman–Crippen LogP) is 3.28. The highest BCUT2D eigenvalue weighted by molar-refractivity contribution is 5.94. The van der Waals surface area contributed by atoms with Crippen LogP contribution in [0.3, 0.4) is 0 Å². The summed E-state index contributed by atoms with van der Waals surface area (Å²) in [6.45, 7) is 2.18. The molecule has 8 nitrogen and oxygen atoms in total. The minimum atomic E-state index is -0.110. The van der Waals surface area contributed by atoms with Crippen LogP contribution in [0.1, 0.15) is 0 Å². The van der Waals surface area contributed by atoms with Gasteiger partial charge in [0.15, 0.2) is 6.61 Å². The van der Waals surface area contributed by atoms with Crippen LogP contribution in [0.2, 0.25) is 0 Å². The van der Waals surface area contributed by atoms with E-state index < -0.39 is 0 Å². The van der Waals surface area contributed by atoms with Crippen LogP contribution >= 0.6 is 0 Å². The summed E-state index contributed by atoms with van der Waals surface area (Å²) in [6, 6.07) is 22.7. The topological polar surface area (TPSA) is 80.3 Å². The van der Waals surface area contributed by atoms with Crippen molar-refractivity contribution in [2.24, 2.45) is 0 Å². The molecule has 2 aliphatic heterocycles. The highest BCUT2D eigenvalue weighted by Crippen LogP contribution is 2.33. The van der Waals surface area contributed by atoms with Crippen LogP contribution in [0.5, 0.6) is 17.2 Å². The molecule has 3 aromatic carbocycles. The Bertz CT molecular complexity index is 1230. The van der Waals surface area contributed by atoms with Crippen LogP contribution < -0.4 is 19.5 Å². The van der Waals surface area contributed by atoms with Crippen LogP contribution in [0.25, 0.3) is 11.1 Å². The van der Waals surface area contributed by atoms with Crippen LogP contribution in [0, 0.1) is 0 Å². The molecule has 5 rings (SSSR count). The smallest absolute Gasteiger partial charge is 0.260 e. The SMILES string of the molecule is COc1cccc(-c2ccc3c(c2)NC(=O)CN2CCN(C(=O)COc4ccccc4)C[C@@H]2CO3)c1. The summed E-state index contributed by atoms with van der Waals surface area (Å²) in [7, 11) is 1.64. The van der Waals surface area contributed by atoms with Crippen LogP contribution in [-0.4, -0.2) is 74.2 Å². The second-order valence-electron chi connectivity index (χ2n) is 8.87. The molecular formula is C28H29N3O5. The predicted molar refractivity (Wildman–Crippen MR) is 136 cm³/mol. The van der Waals surface area contributed by atoms with E-state index in [0.717, 1.165) is 16.9 Å². The van der Waals surface area contributed by atoms with E-state index in [9.17, 15) is 9.59 Å². The third-order valence-corrected chi connectivity index (χ3v) is 6.50. The number of nitrogens with one attached hydrogen (secondary N) is 1. The van der Waals surface area contributed by atoms with Gasteiger partial charge in [0, 0.05) is 19.6 Å². The number of benzene rings is 3. The molecule has 36 heavy (non-hydrogen) atoms. The van der Waals surface area contributed by atoms with Crippen molar-refractivity contribution in [3.8, 4) is 28.4 Å². The number of amides is 2. The molecule has 0 aliphatic carbocycles. The lowest BCUT2D eigenvalue weighted by molar-refractivity contribution is -0.137. The van der Waals surface area contributed by atoms with E-state index in [0.29, 0.717) is 43.4 Å². The Morgan fingerprint density at radius 1 is 1.00 bits per heavy atom. The summed E-state index contributed by atoms with van der Waals surface area (Å²) in [5.41, 5.74) is 2.56. The van der Waals surface area contributed by atoms with Gasteiger partial charge in [0.05, 0.1) is 25.4 Å². The van der Waals surface area contributed by atoms with E-state index in [-0.39, 0.29) is 31.0 Å². The van der Waals surface area contributed by atoms with E-state index in [4.69, 9.17) is 14.2 Å². The number of nitrogens with zero attached hydrogens (tertiary/aromatic N) is 2. The monoisotopic (exact) mass is 487 g/mol. The second kappa shape index (κ2) is 10.7. The normalized spacial score (nSPS) is 17.9. The van der Waals surface area contributed by atoms with Crippen molar-refractivity contribution in [3.05, 3.63) is 72.8 Å². The molecule has 0 bridgehead atoms. The highest BCUT2D eigenvalue weighted by Gasteiger charge is 2.32. The zero-order valence-electron chi connectivity index (χ0n) is 20.2. The summed E-state index contributed by atoms with van der Waals surface area (Å²) in [6.07, 6.45) is 0. The maximum Gasteiger partial charge on any atom is 0.260 e. The van der Waals surface area contributed by atoms with E-state index >= 15 is 0 Å². The fourth-order valence-electron chi connectivity index (χ4n) is 4.53. The number of carbonyl (C=O) groups excluding carboxylic acids is 2. The van der Waals surface area contributed by atoms with E-state index in [1.54, 1.807) is 12.0 Å². The number of anilines is 1. The lowest BCUT2D eigenvalue weighted by Gasteiger charge is -2.40. The molecule has 0 unspecified atom stereocenters. The molecule has 1 N–H and O–H groups in total. The molecule has 0 aromatic heterocycles. The Labute approximate surface area is 210 Å². The molecule has 8 heteroatoms. The first kappa shape index (κ1) is 23.7. The molecule has 0 spiro atoms. The van der Waals surface area contributed by atoms with Gasteiger partial charge in [-0.15, -0.1) is 0 Å². The van der Waals surface area contributed by atoms with E-state index in [1.165, 1.54) is 0 Å². The second-order valence-corrected chi connectivity index (χ2v) is 8.87. The molecule has 2 heterocycles. The van der Waals surface area contributed by atoms with Crippen LogP contribution in [0.4, 0.5) is 5.69 Å². The fraction of sp³-hybridized carbons (Fsp3) is 0.286. The van der Waals surface area contributed by atoms with Gasteiger partial charge in [0.1, 0.15) is 23.9 Å². The first-order valence-electron chi connectivity index (χ1n) is 12.0. The number of ether oxygens (including phenoxy) is 3. The third kappa shape index (κ3) is 5.44. The number of para-hydroxylation sites is 1. The van der Waals surface area contributed by atoms with Gasteiger partial charge in [0.2, 0.25) is 5.91 Å². The molecule has 2 amide bonds. The summed E-state index contributed by atoms with van der Waals surface area (Å²) in [4.78, 5) is 29.6. The highest BCUT2D eigenvalue weighted by atomic mass is 16.5. The quantitative estimate of drug-likeness (QED) is 0.595. The average Bonchev–Trinajstić information content (AvgIpc) is 2.98. The van der Waals surface area contributed by atoms with Crippen molar-refractivity contribution in [1.82, 2.24) is 9.80 Å². The molecule has 2 aliphatic rings. The van der Waals surface area contributed by atoms with Crippen molar-refractivity contribution < 1.29 is 23.8 Å². The van der Waals surface area contributed by atoms with Gasteiger partial charge >= 0.3 is 0 Å². The number of methoxy groups -OCH3 is 1. The molecule has 3 aromatic rings. The summed E-state index contributed by atoms with van der Waals surface area (Å²) >= 11 is 0. The Balaban J connectivity index is 1.28. The summed E-state index contributed by atoms with van der Waals surface area (Å²) in [5, 5.41) is 3.01. The number of fused-ring (bicyclic) bond motifs is 2. The van der Waals surface area contributed by atoms with Gasteiger partial charge in [-0.3, -0.25) is 14.5 Å². The Morgan fingerprint density at radius 2 is 1.81 bits per heavy atom. The molecule has 0 saturated carbocycles. The molecule has 1 atom stereocenters. The van der Waals surface area contributed by atoms with Gasteiger partial charge < -0.3 is 24.4 Å². The molecule has 1 fully saturated rings. The van der Waals surface area contributed by atoms with Crippen molar-refractivity contribution in [3.63, 3.8) is 0 Å². The minimum Gasteiger partial charge on any atom is -0.497 e. The average molecular weight is 488 g/mol. The molecule has 1 saturated heterocycles. The van der Waals surface area contributed by atoms with Gasteiger partial charge in [-0.2, -0.15) is 0 Å². The maximum atomic E-state index is 12.9. The zero-order chi connectivity index (χ0) is 24.9. The van der Waals surface area contributed by atoms with Crippen molar-refractivity contribution >= 4 is 17.5 Å². The number of rotatable bonds is 5. The van der Waals surface area contributed by atoms with Crippen molar-refractivity contribution in [2.45, 2.75) is 6.04 Å². The largest absolute Gasteiger partial charge is 0.497 e. The molecular weight excluding hydrogens is 458 g/mol. The van der Waals surface area contributed by atoms with Gasteiger partial charge in [-0.25, -0.2) is 0 Å². The van der Waals surface area contributed by atoms with Crippen molar-refractivity contribution in [1.29, 1.82) is 0 Å². The van der Waals surface area contributed by atoms with Gasteiger partial charge in [0.25, 0.3) is 5.91 Å². The Morgan fingerprint density at radius 3 is 2.64 bits per heavy atom. The third-order valence-electron chi connectivity index (χ3n) is 6.50. The van der Waals surface area contributed by atoms with Crippen LogP contribution in [-0.2, 0) is 9.59 Å². The first-order chi connectivity index (χ1) is 17.6. The standard InChI is InChI=1S/C28H29N3O5/c1-34-24-9-5-6-20(14-24)21-10-11-26-25(15-21)29-27(32)17-30-12-13-31(16-22(30)18-36-26)28(33)19-35-23-7-3-2-4-8-23/h2-11,14-15,22H,12-13,16-19H2,1H3,(H,29,32)/t22-/m1/s1. The zero-order valence-corrected chi connectivity index (χ0v) is 20.2. The summed E-state index contributed by atoms with van der Waals surface area (Å²) < 4.78 is 17.1. The van der Waals surface area contributed by atoms with E-state index in [2.05, 4.69) is 10.2 Å². The lowest BCUT2D eigenvalue weighted by Crippen LogP contribution is -2.58. The van der Waals surface area contributed by atoms with E-state index in [1.807, 2.05) is 72.8 Å². The number of hydrogen-bond acceptors (Lipinski definition) is 6. The number of carbonyl (C=O) groups is 2. The molecule has 0 radical (unpaired) electrons. The molecule has 186 valence electrons. The van der Waals surface area contributed by atoms with Crippen molar-refractivity contribution in [2.75, 3.05) is 51.8 Å². The maximum absolute atomic E-state index is 12.9. The fourth-order valence-corrected chi connectivity index (χ4v) is 4.53. The van der Waals surface area contributed by atoms with Gasteiger partial charge in [-0.05, 0) is 47.5 Å². The summed E-state index contributed by atoms with van der Waals surface area (Å²) in [5.74, 6) is 1.85. The lowest BCUT2D eigenvalue weighted by atomic mass is 10.0. The Kier molecular flexibility index (Phi) is 7.04. The van der Waals surface area contributed by atoms with Crippen LogP contribution in [0.15, 0.2) is 72.8 Å². The first-order valence-corrected chi connectivity index (χ1v) is 12.0.